The van der Waals surface area contributed by atoms with Gasteiger partial charge in [0.25, 0.3) is 0 Å². The maximum absolute atomic E-state index is 9.54. The van der Waals surface area contributed by atoms with E-state index in [0.717, 1.165) is 10.9 Å². The lowest BCUT2D eigenvalue weighted by molar-refractivity contribution is 0.273. The molecular weight excluding hydrogens is 244 g/mol. The highest BCUT2D eigenvalue weighted by molar-refractivity contribution is 5.92. The molecule has 1 aromatic carbocycles. The molecule has 1 aromatic heterocycles. The zero-order valence-electron chi connectivity index (χ0n) is 12.0. The Labute approximate surface area is 112 Å². The summed E-state index contributed by atoms with van der Waals surface area (Å²) in [4.78, 5) is 0. The average Bonchev–Trinajstić information content (AvgIpc) is 2.81. The molecule has 0 aliphatic rings. The Morgan fingerprint density at radius 1 is 1.16 bits per heavy atom. The molecule has 0 unspecified atom stereocenters. The van der Waals surface area contributed by atoms with E-state index in [9.17, 15) is 5.11 Å². The third-order valence-electron chi connectivity index (χ3n) is 3.28. The number of furan rings is 1. The predicted octanol–water partition coefficient (Wildman–Crippen LogP) is 3.24. The normalized spacial score (nSPS) is 11.9. The molecule has 0 saturated carbocycles. The number of fused-ring (bicyclic) bond motifs is 1. The van der Waals surface area contributed by atoms with Gasteiger partial charge in [-0.15, -0.1) is 0 Å². The van der Waals surface area contributed by atoms with Crippen molar-refractivity contribution in [2.45, 2.75) is 32.8 Å². The molecule has 0 fully saturated rings. The van der Waals surface area contributed by atoms with Gasteiger partial charge >= 0.3 is 0 Å². The first-order valence-corrected chi connectivity index (χ1v) is 6.20. The van der Waals surface area contributed by atoms with Crippen LogP contribution < -0.4 is 9.47 Å². The van der Waals surface area contributed by atoms with Crippen molar-refractivity contribution in [3.05, 3.63) is 23.5 Å². The number of rotatable bonds is 3. The minimum Gasteiger partial charge on any atom is -0.496 e. The highest BCUT2D eigenvalue weighted by Crippen LogP contribution is 2.42. The third-order valence-corrected chi connectivity index (χ3v) is 3.28. The number of aliphatic hydroxyl groups is 1. The van der Waals surface area contributed by atoms with Gasteiger partial charge in [-0.2, -0.15) is 0 Å². The van der Waals surface area contributed by atoms with E-state index in [0.29, 0.717) is 22.6 Å². The van der Waals surface area contributed by atoms with Gasteiger partial charge in [0.2, 0.25) is 0 Å². The Hall–Kier alpha value is -1.68. The highest BCUT2D eigenvalue weighted by atomic mass is 16.5. The van der Waals surface area contributed by atoms with Crippen LogP contribution in [0.2, 0.25) is 0 Å². The number of aliphatic hydroxyl groups excluding tert-OH is 1. The van der Waals surface area contributed by atoms with Gasteiger partial charge in [0, 0.05) is 11.6 Å². The summed E-state index contributed by atoms with van der Waals surface area (Å²) in [7, 11) is 3.18. The Morgan fingerprint density at radius 3 is 2.26 bits per heavy atom. The van der Waals surface area contributed by atoms with Crippen LogP contribution in [-0.4, -0.2) is 19.3 Å². The standard InChI is InChI=1S/C15H20O4/c1-15(2,3)10-8-19-14-9(7-16)11(17-4)6-12(18-5)13(10)14/h6,8,16H,7H2,1-5H3. The van der Waals surface area contributed by atoms with Crippen LogP contribution in [0.15, 0.2) is 16.7 Å². The lowest BCUT2D eigenvalue weighted by Gasteiger charge is -2.18. The lowest BCUT2D eigenvalue weighted by Crippen LogP contribution is -2.10. The molecular formula is C15H20O4. The fourth-order valence-corrected chi connectivity index (χ4v) is 2.26. The molecule has 0 aliphatic heterocycles. The number of benzene rings is 1. The summed E-state index contributed by atoms with van der Waals surface area (Å²) >= 11 is 0. The van der Waals surface area contributed by atoms with Crippen molar-refractivity contribution >= 4 is 11.0 Å². The van der Waals surface area contributed by atoms with Crippen LogP contribution in [0.25, 0.3) is 11.0 Å². The van der Waals surface area contributed by atoms with E-state index in [1.54, 1.807) is 26.5 Å². The lowest BCUT2D eigenvalue weighted by atomic mass is 9.86. The molecule has 0 aliphatic carbocycles. The maximum Gasteiger partial charge on any atom is 0.147 e. The van der Waals surface area contributed by atoms with Crippen LogP contribution in [0.1, 0.15) is 31.9 Å². The molecule has 4 nitrogen and oxygen atoms in total. The van der Waals surface area contributed by atoms with Crippen molar-refractivity contribution in [2.24, 2.45) is 0 Å². The molecule has 1 heterocycles. The first-order chi connectivity index (χ1) is 8.93. The molecule has 0 bridgehead atoms. The van der Waals surface area contributed by atoms with Crippen molar-refractivity contribution in [3.63, 3.8) is 0 Å². The summed E-state index contributed by atoms with van der Waals surface area (Å²) in [5.41, 5.74) is 2.26. The molecule has 0 spiro atoms. The Bertz CT molecular complexity index is 590. The zero-order chi connectivity index (χ0) is 14.2. The topological polar surface area (TPSA) is 51.8 Å². The van der Waals surface area contributed by atoms with Crippen LogP contribution >= 0.6 is 0 Å². The minimum atomic E-state index is -0.138. The number of ether oxygens (including phenoxy) is 2. The van der Waals surface area contributed by atoms with Gasteiger partial charge in [0.1, 0.15) is 17.1 Å². The van der Waals surface area contributed by atoms with E-state index >= 15 is 0 Å². The fraction of sp³-hybridized carbons (Fsp3) is 0.467. The maximum atomic E-state index is 9.54. The molecule has 104 valence electrons. The second-order valence-electron chi connectivity index (χ2n) is 5.52. The summed E-state index contributed by atoms with van der Waals surface area (Å²) < 4.78 is 16.4. The molecule has 1 N–H and O–H groups in total. The zero-order valence-corrected chi connectivity index (χ0v) is 12.0. The average molecular weight is 264 g/mol. The van der Waals surface area contributed by atoms with Crippen LogP contribution in [-0.2, 0) is 12.0 Å². The fourth-order valence-electron chi connectivity index (χ4n) is 2.26. The van der Waals surface area contributed by atoms with E-state index in [2.05, 4.69) is 20.8 Å². The SMILES string of the molecule is COc1cc(OC)c2c(C(C)(C)C)coc2c1CO. The van der Waals surface area contributed by atoms with Crippen molar-refractivity contribution in [3.8, 4) is 11.5 Å². The van der Waals surface area contributed by atoms with Gasteiger partial charge in [-0.25, -0.2) is 0 Å². The molecule has 0 saturated heterocycles. The Kier molecular flexibility index (Phi) is 3.45. The van der Waals surface area contributed by atoms with Crippen LogP contribution in [0.4, 0.5) is 0 Å². The van der Waals surface area contributed by atoms with Crippen molar-refractivity contribution in [1.82, 2.24) is 0 Å². The highest BCUT2D eigenvalue weighted by Gasteiger charge is 2.25. The quantitative estimate of drug-likeness (QED) is 0.924. The van der Waals surface area contributed by atoms with Gasteiger partial charge in [0.05, 0.1) is 38.0 Å². The van der Waals surface area contributed by atoms with Gasteiger partial charge in [-0.1, -0.05) is 20.8 Å². The molecule has 19 heavy (non-hydrogen) atoms. The smallest absolute Gasteiger partial charge is 0.147 e. The first-order valence-electron chi connectivity index (χ1n) is 6.20. The summed E-state index contributed by atoms with van der Waals surface area (Å²) in [6, 6.07) is 1.79. The van der Waals surface area contributed by atoms with Gasteiger partial charge in [-0.3, -0.25) is 0 Å². The summed E-state index contributed by atoms with van der Waals surface area (Å²) in [5, 5.41) is 10.4. The van der Waals surface area contributed by atoms with Gasteiger partial charge < -0.3 is 19.0 Å². The molecule has 0 amide bonds. The second kappa shape index (κ2) is 4.78. The van der Waals surface area contributed by atoms with E-state index in [4.69, 9.17) is 13.9 Å². The van der Waals surface area contributed by atoms with Crippen molar-refractivity contribution in [1.29, 1.82) is 0 Å². The summed E-state index contributed by atoms with van der Waals surface area (Å²) in [6.07, 6.45) is 1.73. The van der Waals surface area contributed by atoms with Gasteiger partial charge in [0.15, 0.2) is 0 Å². The van der Waals surface area contributed by atoms with E-state index in [-0.39, 0.29) is 12.0 Å². The minimum absolute atomic E-state index is 0.0696. The second-order valence-corrected chi connectivity index (χ2v) is 5.52. The van der Waals surface area contributed by atoms with Crippen molar-refractivity contribution in [2.75, 3.05) is 14.2 Å². The molecule has 0 atom stereocenters. The predicted molar refractivity (Wildman–Crippen MR) is 73.9 cm³/mol. The number of methoxy groups -OCH3 is 2. The first kappa shape index (κ1) is 13.7. The van der Waals surface area contributed by atoms with Crippen molar-refractivity contribution < 1.29 is 19.0 Å². The number of hydrogen-bond donors (Lipinski definition) is 1. The van der Waals surface area contributed by atoms with Crippen LogP contribution in [0, 0.1) is 0 Å². The van der Waals surface area contributed by atoms with Crippen LogP contribution in [0.3, 0.4) is 0 Å². The number of hydrogen-bond acceptors (Lipinski definition) is 4. The Balaban J connectivity index is 2.86. The summed E-state index contributed by atoms with van der Waals surface area (Å²) in [6.45, 7) is 6.19. The van der Waals surface area contributed by atoms with E-state index < -0.39 is 0 Å². The Morgan fingerprint density at radius 2 is 1.79 bits per heavy atom. The summed E-state index contributed by atoms with van der Waals surface area (Å²) in [5.74, 6) is 1.27. The molecule has 0 radical (unpaired) electrons. The largest absolute Gasteiger partial charge is 0.496 e. The van der Waals surface area contributed by atoms with Crippen LogP contribution in [0.5, 0.6) is 11.5 Å². The molecule has 2 aromatic rings. The monoisotopic (exact) mass is 264 g/mol. The van der Waals surface area contributed by atoms with Gasteiger partial charge in [-0.05, 0) is 5.41 Å². The molecule has 2 rings (SSSR count). The van der Waals surface area contributed by atoms with E-state index in [1.807, 2.05) is 0 Å². The third kappa shape index (κ3) is 2.16. The van der Waals surface area contributed by atoms with E-state index in [1.165, 1.54) is 0 Å². The molecule has 4 heteroatoms.